The lowest BCUT2D eigenvalue weighted by molar-refractivity contribution is 0.0911. The zero-order valence-electron chi connectivity index (χ0n) is 11.5. The number of halogens is 1. The Balaban J connectivity index is 1.67. The zero-order valence-corrected chi connectivity index (χ0v) is 13.9. The van der Waals surface area contributed by atoms with Crippen molar-refractivity contribution in [3.63, 3.8) is 0 Å². The molecule has 6 heteroatoms. The lowest BCUT2D eigenvalue weighted by Crippen LogP contribution is -2.26. The van der Waals surface area contributed by atoms with Crippen molar-refractivity contribution in [3.05, 3.63) is 27.5 Å². The number of hydrogen-bond acceptors (Lipinski definition) is 4. The van der Waals surface area contributed by atoms with Crippen LogP contribution < -0.4 is 11.1 Å². The van der Waals surface area contributed by atoms with Gasteiger partial charge in [0.15, 0.2) is 0 Å². The van der Waals surface area contributed by atoms with Gasteiger partial charge in [0, 0.05) is 27.7 Å². The third-order valence-electron chi connectivity index (χ3n) is 3.67. The van der Waals surface area contributed by atoms with Crippen molar-refractivity contribution in [2.75, 3.05) is 18.9 Å². The quantitative estimate of drug-likeness (QED) is 0.867. The molecule has 112 valence electrons. The van der Waals surface area contributed by atoms with Crippen molar-refractivity contribution in [2.45, 2.75) is 25.4 Å². The van der Waals surface area contributed by atoms with Gasteiger partial charge in [0.05, 0.1) is 11.8 Å². The summed E-state index contributed by atoms with van der Waals surface area (Å²) in [6.07, 6.45) is 3.37. The number of nitrogens with one attached hydrogen (secondary N) is 1. The summed E-state index contributed by atoms with van der Waals surface area (Å²) in [7, 11) is 0. The topological polar surface area (TPSA) is 64.4 Å². The van der Waals surface area contributed by atoms with Gasteiger partial charge in [-0.25, -0.2) is 0 Å². The number of fused-ring (bicyclic) bond motifs is 1. The summed E-state index contributed by atoms with van der Waals surface area (Å²) in [4.78, 5) is 12.9. The number of rotatable bonds is 4. The predicted molar refractivity (Wildman–Crippen MR) is 89.9 cm³/mol. The Hall–Kier alpha value is -1.11. The van der Waals surface area contributed by atoms with Gasteiger partial charge in [-0.3, -0.25) is 4.79 Å². The summed E-state index contributed by atoms with van der Waals surface area (Å²) >= 11 is 4.86. The first-order chi connectivity index (χ1) is 10.1. The summed E-state index contributed by atoms with van der Waals surface area (Å²) < 4.78 is 7.54. The Labute approximate surface area is 135 Å². The molecule has 2 aromatic rings. The third-order valence-corrected chi connectivity index (χ3v) is 5.35. The molecule has 1 unspecified atom stereocenters. The van der Waals surface area contributed by atoms with E-state index in [0.29, 0.717) is 23.2 Å². The Morgan fingerprint density at radius 1 is 1.52 bits per heavy atom. The average molecular weight is 369 g/mol. The SMILES string of the molecule is Nc1c(C(=O)NCCC2CCCO2)sc2ccc(Br)cc12. The number of nitrogens with two attached hydrogens (primary N) is 1. The molecule has 1 aliphatic rings. The molecule has 1 fully saturated rings. The van der Waals surface area contributed by atoms with E-state index < -0.39 is 0 Å². The number of benzene rings is 1. The van der Waals surface area contributed by atoms with Gasteiger partial charge in [0.2, 0.25) is 0 Å². The second-order valence-corrected chi connectivity index (χ2v) is 7.13. The molecular weight excluding hydrogens is 352 g/mol. The average Bonchev–Trinajstić information content (AvgIpc) is 3.08. The maximum atomic E-state index is 12.3. The molecule has 1 aromatic heterocycles. The normalized spacial score (nSPS) is 18.2. The van der Waals surface area contributed by atoms with Crippen LogP contribution in [0.2, 0.25) is 0 Å². The van der Waals surface area contributed by atoms with E-state index in [1.165, 1.54) is 11.3 Å². The van der Waals surface area contributed by atoms with Crippen LogP contribution in [0.25, 0.3) is 10.1 Å². The molecule has 2 heterocycles. The number of nitrogen functional groups attached to an aromatic ring is 1. The first kappa shape index (κ1) is 14.8. The molecule has 0 spiro atoms. The molecule has 3 rings (SSSR count). The fourth-order valence-electron chi connectivity index (χ4n) is 2.56. The van der Waals surface area contributed by atoms with E-state index in [1.807, 2.05) is 18.2 Å². The molecular formula is C15H17BrN2O2S. The Bertz CT molecular complexity index is 665. The molecule has 1 atom stereocenters. The highest BCUT2D eigenvalue weighted by Crippen LogP contribution is 2.35. The molecule has 21 heavy (non-hydrogen) atoms. The number of thiophene rings is 1. The van der Waals surface area contributed by atoms with E-state index >= 15 is 0 Å². The minimum Gasteiger partial charge on any atom is -0.397 e. The Morgan fingerprint density at radius 2 is 2.38 bits per heavy atom. The van der Waals surface area contributed by atoms with Crippen LogP contribution in [0.3, 0.4) is 0 Å². The van der Waals surface area contributed by atoms with Crippen LogP contribution in [0.4, 0.5) is 5.69 Å². The summed E-state index contributed by atoms with van der Waals surface area (Å²) in [6.45, 7) is 1.47. The summed E-state index contributed by atoms with van der Waals surface area (Å²) in [5.74, 6) is -0.0946. The highest BCUT2D eigenvalue weighted by atomic mass is 79.9. The van der Waals surface area contributed by atoms with Crippen molar-refractivity contribution in [1.82, 2.24) is 5.32 Å². The lowest BCUT2D eigenvalue weighted by Gasteiger charge is -2.09. The van der Waals surface area contributed by atoms with Gasteiger partial charge in [-0.1, -0.05) is 15.9 Å². The van der Waals surface area contributed by atoms with Crippen molar-refractivity contribution < 1.29 is 9.53 Å². The monoisotopic (exact) mass is 368 g/mol. The Morgan fingerprint density at radius 3 is 3.14 bits per heavy atom. The van der Waals surface area contributed by atoms with Gasteiger partial charge in [-0.05, 0) is 37.5 Å². The van der Waals surface area contributed by atoms with Gasteiger partial charge in [0.1, 0.15) is 4.88 Å². The molecule has 0 radical (unpaired) electrons. The molecule has 0 aliphatic carbocycles. The minimum absolute atomic E-state index is 0.0946. The maximum absolute atomic E-state index is 12.3. The van der Waals surface area contributed by atoms with E-state index in [2.05, 4.69) is 21.2 Å². The van der Waals surface area contributed by atoms with Gasteiger partial charge in [0.25, 0.3) is 5.91 Å². The maximum Gasteiger partial charge on any atom is 0.263 e. The highest BCUT2D eigenvalue weighted by molar-refractivity contribution is 9.10. The summed E-state index contributed by atoms with van der Waals surface area (Å²) in [5.41, 5.74) is 6.67. The molecule has 0 saturated carbocycles. The largest absolute Gasteiger partial charge is 0.397 e. The Kier molecular flexibility index (Phi) is 4.47. The molecule has 3 N–H and O–H groups in total. The lowest BCUT2D eigenvalue weighted by atomic mass is 10.2. The van der Waals surface area contributed by atoms with Gasteiger partial charge < -0.3 is 15.8 Å². The second kappa shape index (κ2) is 6.34. The first-order valence-electron chi connectivity index (χ1n) is 7.02. The van der Waals surface area contributed by atoms with Crippen molar-refractivity contribution in [2.24, 2.45) is 0 Å². The standard InChI is InChI=1S/C15H17BrN2O2S/c16-9-3-4-12-11(8-9)13(17)14(21-12)15(19)18-6-5-10-2-1-7-20-10/h3-4,8,10H,1-2,5-7,17H2,(H,18,19). The number of amides is 1. The fourth-order valence-corrected chi connectivity index (χ4v) is 3.94. The van der Waals surface area contributed by atoms with Crippen LogP contribution in [0.1, 0.15) is 28.9 Å². The third kappa shape index (κ3) is 3.22. The van der Waals surface area contributed by atoms with Crippen LogP contribution >= 0.6 is 27.3 Å². The number of ether oxygens (including phenoxy) is 1. The van der Waals surface area contributed by atoms with Crippen molar-refractivity contribution in [3.8, 4) is 0 Å². The van der Waals surface area contributed by atoms with E-state index in [1.54, 1.807) is 0 Å². The predicted octanol–water partition coefficient (Wildman–Crippen LogP) is 3.54. The number of anilines is 1. The van der Waals surface area contributed by atoms with Gasteiger partial charge in [-0.2, -0.15) is 0 Å². The van der Waals surface area contributed by atoms with Crippen LogP contribution in [0, 0.1) is 0 Å². The van der Waals surface area contributed by atoms with Gasteiger partial charge >= 0.3 is 0 Å². The second-order valence-electron chi connectivity index (χ2n) is 5.16. The van der Waals surface area contributed by atoms with E-state index in [-0.39, 0.29) is 5.91 Å². The first-order valence-corrected chi connectivity index (χ1v) is 8.63. The highest BCUT2D eigenvalue weighted by Gasteiger charge is 2.18. The van der Waals surface area contributed by atoms with Crippen LogP contribution in [0.15, 0.2) is 22.7 Å². The number of carbonyl (C=O) groups is 1. The van der Waals surface area contributed by atoms with Crippen LogP contribution in [-0.2, 0) is 4.74 Å². The van der Waals surface area contributed by atoms with E-state index in [4.69, 9.17) is 10.5 Å². The molecule has 1 aliphatic heterocycles. The molecule has 1 aromatic carbocycles. The van der Waals surface area contributed by atoms with Gasteiger partial charge in [-0.15, -0.1) is 11.3 Å². The van der Waals surface area contributed by atoms with Crippen LogP contribution in [-0.4, -0.2) is 25.2 Å². The smallest absolute Gasteiger partial charge is 0.263 e. The number of hydrogen-bond donors (Lipinski definition) is 2. The molecule has 4 nitrogen and oxygen atoms in total. The zero-order chi connectivity index (χ0) is 14.8. The summed E-state index contributed by atoms with van der Waals surface area (Å²) in [6, 6.07) is 5.88. The van der Waals surface area contributed by atoms with Crippen LogP contribution in [0.5, 0.6) is 0 Å². The summed E-state index contributed by atoms with van der Waals surface area (Å²) in [5, 5.41) is 3.87. The van der Waals surface area contributed by atoms with E-state index in [9.17, 15) is 4.79 Å². The van der Waals surface area contributed by atoms with E-state index in [0.717, 1.165) is 40.4 Å². The molecule has 1 saturated heterocycles. The van der Waals surface area contributed by atoms with Crippen molar-refractivity contribution >= 4 is 48.9 Å². The minimum atomic E-state index is -0.0946. The fraction of sp³-hybridized carbons (Fsp3) is 0.400. The molecule has 1 amide bonds. The number of carbonyl (C=O) groups excluding carboxylic acids is 1. The molecule has 0 bridgehead atoms. The van der Waals surface area contributed by atoms with Crippen molar-refractivity contribution in [1.29, 1.82) is 0 Å².